The summed E-state index contributed by atoms with van der Waals surface area (Å²) in [6, 6.07) is 1.26. The molecule has 2 aliphatic carbocycles. The molecule has 0 aromatic carbocycles. The fraction of sp³-hybridized carbons (Fsp3) is 0.562. The lowest BCUT2D eigenvalue weighted by Crippen LogP contribution is -2.59. The lowest BCUT2D eigenvalue weighted by molar-refractivity contribution is -0.205. The normalized spacial score (nSPS) is 28.2. The summed E-state index contributed by atoms with van der Waals surface area (Å²) in [5.41, 5.74) is 5.61. The quantitative estimate of drug-likeness (QED) is 0.369. The maximum atomic E-state index is 12.1. The Morgan fingerprint density at radius 2 is 2.48 bits per heavy atom. The van der Waals surface area contributed by atoms with E-state index in [1.807, 2.05) is 0 Å². The van der Waals surface area contributed by atoms with Crippen molar-refractivity contribution in [1.29, 1.82) is 0 Å². The highest BCUT2D eigenvalue weighted by Gasteiger charge is 2.59. The molecule has 0 saturated heterocycles. The highest BCUT2D eigenvalue weighted by molar-refractivity contribution is 7.99. The highest BCUT2D eigenvalue weighted by atomic mass is 32.2. The van der Waals surface area contributed by atoms with E-state index in [0.717, 1.165) is 18.8 Å². The van der Waals surface area contributed by atoms with Crippen LogP contribution in [0.15, 0.2) is 28.7 Å². The second-order valence-corrected chi connectivity index (χ2v) is 7.39. The number of anilines is 1. The molecule has 3 atom stereocenters. The zero-order chi connectivity index (χ0) is 16.6. The van der Waals surface area contributed by atoms with Gasteiger partial charge in [0.2, 0.25) is 0 Å². The zero-order valence-corrected chi connectivity index (χ0v) is 14.0. The summed E-state index contributed by atoms with van der Waals surface area (Å²) in [5.74, 6) is 0.879. The van der Waals surface area contributed by atoms with Gasteiger partial charge in [0.15, 0.2) is 5.16 Å². The third kappa shape index (κ3) is 2.89. The molecule has 0 radical (unpaired) electrons. The summed E-state index contributed by atoms with van der Waals surface area (Å²) in [5, 5.41) is 0.410. The Labute approximate surface area is 139 Å². The number of carbonyl (C=O) groups is 1. The number of hydrogen-bond acceptors (Lipinski definition) is 6. The van der Waals surface area contributed by atoms with Crippen molar-refractivity contribution in [1.82, 2.24) is 9.55 Å². The summed E-state index contributed by atoms with van der Waals surface area (Å²) < 4.78 is 7.23. The molecule has 1 aromatic rings. The average Bonchev–Trinajstić information content (AvgIpc) is 2.50. The minimum Gasteiger partial charge on any atom is -0.461 e. The van der Waals surface area contributed by atoms with Gasteiger partial charge in [-0.05, 0) is 25.2 Å². The van der Waals surface area contributed by atoms with Crippen LogP contribution in [0, 0.1) is 11.3 Å². The Bertz CT molecular complexity index is 702. The van der Waals surface area contributed by atoms with E-state index in [4.69, 9.17) is 10.5 Å². The summed E-state index contributed by atoms with van der Waals surface area (Å²) in [6.45, 7) is 6.28. The third-order valence-corrected chi connectivity index (χ3v) is 6.07. The predicted molar refractivity (Wildman–Crippen MR) is 89.2 cm³/mol. The Morgan fingerprint density at radius 1 is 1.70 bits per heavy atom. The first-order valence-electron chi connectivity index (χ1n) is 7.74. The van der Waals surface area contributed by atoms with Crippen molar-refractivity contribution >= 4 is 23.5 Å². The molecule has 7 heteroatoms. The zero-order valence-electron chi connectivity index (χ0n) is 13.2. The van der Waals surface area contributed by atoms with Gasteiger partial charge < -0.3 is 15.0 Å². The van der Waals surface area contributed by atoms with Crippen LogP contribution in [-0.2, 0) is 16.1 Å². The maximum absolute atomic E-state index is 12.1. The predicted octanol–water partition coefficient (Wildman–Crippen LogP) is 1.84. The molecule has 6 nitrogen and oxygen atoms in total. The number of carbonyl (C=O) groups excluding carboxylic acids is 1. The smallest absolute Gasteiger partial charge is 0.316 e. The van der Waals surface area contributed by atoms with Gasteiger partial charge in [0, 0.05) is 18.0 Å². The van der Waals surface area contributed by atoms with E-state index in [9.17, 15) is 9.59 Å². The number of rotatable bonds is 6. The number of nitrogen functional groups attached to an aromatic ring is 1. The van der Waals surface area contributed by atoms with Gasteiger partial charge in [0.05, 0.1) is 5.75 Å². The second kappa shape index (κ2) is 6.03. The second-order valence-electron chi connectivity index (χ2n) is 6.45. The standard InChI is InChI=1S/C16H21N3O3S/c1-3-6-19-12(17)8-13(20)18-15(19)23-9-14(21)22-11-7-10-4-5-16(10,11)2/h3,8,10-11H,1,4-7,9,17H2,2H3/t10-,11-,16+/m1/s1. The number of esters is 1. The van der Waals surface area contributed by atoms with E-state index >= 15 is 0 Å². The van der Waals surface area contributed by atoms with Crippen molar-refractivity contribution in [2.45, 2.75) is 44.0 Å². The molecule has 2 aliphatic rings. The number of fused-ring (bicyclic) bond motifs is 1. The van der Waals surface area contributed by atoms with Gasteiger partial charge in [-0.2, -0.15) is 4.98 Å². The summed E-state index contributed by atoms with van der Waals surface area (Å²) >= 11 is 1.17. The van der Waals surface area contributed by atoms with Crippen molar-refractivity contribution in [3.05, 3.63) is 29.1 Å². The highest BCUT2D eigenvalue weighted by Crippen LogP contribution is 2.61. The SMILES string of the molecule is C=CCn1c(N)cc(=O)nc1SCC(=O)O[C@@H]1C[C@H]2CC[C@@]21C. The van der Waals surface area contributed by atoms with Crippen molar-refractivity contribution in [2.24, 2.45) is 11.3 Å². The molecule has 0 amide bonds. The molecule has 0 unspecified atom stereocenters. The number of nitrogens with zero attached hydrogens (tertiary/aromatic N) is 2. The van der Waals surface area contributed by atoms with Gasteiger partial charge in [-0.1, -0.05) is 24.8 Å². The van der Waals surface area contributed by atoms with Gasteiger partial charge in [-0.25, -0.2) is 0 Å². The van der Waals surface area contributed by atoms with Gasteiger partial charge in [-0.15, -0.1) is 6.58 Å². The number of allylic oxidation sites excluding steroid dienone is 1. The maximum Gasteiger partial charge on any atom is 0.316 e. The molecule has 2 saturated carbocycles. The molecule has 2 N–H and O–H groups in total. The Hall–Kier alpha value is -1.76. The van der Waals surface area contributed by atoms with Crippen LogP contribution in [0.2, 0.25) is 0 Å². The average molecular weight is 335 g/mol. The van der Waals surface area contributed by atoms with Crippen LogP contribution in [0.1, 0.15) is 26.2 Å². The first-order chi connectivity index (χ1) is 10.9. The van der Waals surface area contributed by atoms with E-state index < -0.39 is 5.56 Å². The monoisotopic (exact) mass is 335 g/mol. The fourth-order valence-corrected chi connectivity index (χ4v) is 4.21. The van der Waals surface area contributed by atoms with Crippen LogP contribution in [-0.4, -0.2) is 27.4 Å². The molecule has 1 heterocycles. The fourth-order valence-electron chi connectivity index (χ4n) is 3.41. The summed E-state index contributed by atoms with van der Waals surface area (Å²) in [6.07, 6.45) is 5.07. The molecule has 2 fully saturated rings. The first-order valence-corrected chi connectivity index (χ1v) is 8.73. The molecule has 124 valence electrons. The van der Waals surface area contributed by atoms with Gasteiger partial charge in [0.1, 0.15) is 11.9 Å². The molecule has 0 spiro atoms. The van der Waals surface area contributed by atoms with Crippen LogP contribution in [0.3, 0.4) is 0 Å². The molecular weight excluding hydrogens is 314 g/mol. The largest absolute Gasteiger partial charge is 0.461 e. The molecular formula is C16H21N3O3S. The minimum atomic E-state index is -0.414. The van der Waals surface area contributed by atoms with Crippen LogP contribution < -0.4 is 11.3 Å². The summed E-state index contributed by atoms with van der Waals surface area (Å²) in [7, 11) is 0. The number of nitrogens with two attached hydrogens (primary N) is 1. The van der Waals surface area contributed by atoms with E-state index in [2.05, 4.69) is 18.5 Å². The van der Waals surface area contributed by atoms with Crippen molar-refractivity contribution in [2.75, 3.05) is 11.5 Å². The van der Waals surface area contributed by atoms with E-state index in [1.54, 1.807) is 10.6 Å². The van der Waals surface area contributed by atoms with Gasteiger partial charge in [0.25, 0.3) is 5.56 Å². The molecule has 1 aromatic heterocycles. The first kappa shape index (κ1) is 16.1. The van der Waals surface area contributed by atoms with E-state index in [1.165, 1.54) is 24.2 Å². The van der Waals surface area contributed by atoms with Crippen LogP contribution in [0.4, 0.5) is 5.82 Å². The van der Waals surface area contributed by atoms with Gasteiger partial charge >= 0.3 is 5.97 Å². The molecule has 23 heavy (non-hydrogen) atoms. The van der Waals surface area contributed by atoms with Crippen LogP contribution in [0.5, 0.6) is 0 Å². The van der Waals surface area contributed by atoms with Crippen LogP contribution in [0.25, 0.3) is 0 Å². The minimum absolute atomic E-state index is 0.0403. The Balaban J connectivity index is 1.60. The molecule has 0 bridgehead atoms. The van der Waals surface area contributed by atoms with Crippen LogP contribution >= 0.6 is 11.8 Å². The Kier molecular flexibility index (Phi) is 4.23. The number of hydrogen-bond donors (Lipinski definition) is 1. The van der Waals surface area contributed by atoms with E-state index in [0.29, 0.717) is 17.5 Å². The van der Waals surface area contributed by atoms with E-state index in [-0.39, 0.29) is 23.2 Å². The topological polar surface area (TPSA) is 87.2 Å². The number of ether oxygens (including phenoxy) is 1. The number of aromatic nitrogens is 2. The Morgan fingerprint density at radius 3 is 3.04 bits per heavy atom. The van der Waals surface area contributed by atoms with Crippen molar-refractivity contribution in [3.63, 3.8) is 0 Å². The molecule has 3 rings (SSSR count). The summed E-state index contributed by atoms with van der Waals surface area (Å²) in [4.78, 5) is 27.5. The lowest BCUT2D eigenvalue weighted by Gasteiger charge is -2.61. The number of thioether (sulfide) groups is 1. The molecule has 0 aliphatic heterocycles. The van der Waals surface area contributed by atoms with Gasteiger partial charge in [-0.3, -0.25) is 9.59 Å². The van der Waals surface area contributed by atoms with Crippen molar-refractivity contribution in [3.8, 4) is 0 Å². The van der Waals surface area contributed by atoms with Crippen molar-refractivity contribution < 1.29 is 9.53 Å². The third-order valence-electron chi connectivity index (χ3n) is 5.12. The lowest BCUT2D eigenvalue weighted by atomic mass is 9.47.